The second kappa shape index (κ2) is 6.18. The van der Waals surface area contributed by atoms with E-state index >= 15 is 0 Å². The van der Waals surface area contributed by atoms with E-state index in [9.17, 15) is 14.7 Å². The lowest BCUT2D eigenvalue weighted by Gasteiger charge is -2.38. The van der Waals surface area contributed by atoms with Crippen LogP contribution in [0.2, 0.25) is 0 Å². The fourth-order valence-corrected chi connectivity index (χ4v) is 3.51. The zero-order valence-corrected chi connectivity index (χ0v) is 12.9. The molecule has 2 heterocycles. The highest BCUT2D eigenvalue weighted by atomic mass is 16.3. The SMILES string of the molecule is CC(O)C1CCCCN1CCN1C(=O)c2ccccc2C1=O. The normalized spacial score (nSPS) is 23.7. The van der Waals surface area contributed by atoms with Crippen LogP contribution in [-0.2, 0) is 0 Å². The Morgan fingerprint density at radius 1 is 1.14 bits per heavy atom. The van der Waals surface area contributed by atoms with Gasteiger partial charge in [0.2, 0.25) is 0 Å². The van der Waals surface area contributed by atoms with E-state index in [4.69, 9.17) is 0 Å². The van der Waals surface area contributed by atoms with E-state index < -0.39 is 0 Å². The lowest BCUT2D eigenvalue weighted by molar-refractivity contribution is 0.0300. The minimum Gasteiger partial charge on any atom is -0.392 e. The second-order valence-electron chi connectivity index (χ2n) is 6.15. The van der Waals surface area contributed by atoms with Crippen LogP contribution in [0.15, 0.2) is 24.3 Å². The molecule has 3 rings (SSSR count). The van der Waals surface area contributed by atoms with Crippen LogP contribution in [0, 0.1) is 0 Å². The van der Waals surface area contributed by atoms with Gasteiger partial charge in [0.1, 0.15) is 0 Å². The van der Waals surface area contributed by atoms with Crippen molar-refractivity contribution in [2.45, 2.75) is 38.3 Å². The third-order valence-corrected chi connectivity index (χ3v) is 4.71. The van der Waals surface area contributed by atoms with Gasteiger partial charge < -0.3 is 5.11 Å². The maximum absolute atomic E-state index is 12.3. The van der Waals surface area contributed by atoms with Gasteiger partial charge in [0.05, 0.1) is 17.2 Å². The molecule has 2 atom stereocenters. The Kier molecular flexibility index (Phi) is 4.27. The Bertz CT molecular complexity index is 550. The third-order valence-electron chi connectivity index (χ3n) is 4.71. The maximum Gasteiger partial charge on any atom is 0.261 e. The van der Waals surface area contributed by atoms with Gasteiger partial charge in [-0.05, 0) is 38.4 Å². The van der Waals surface area contributed by atoms with Gasteiger partial charge in [0.15, 0.2) is 0 Å². The average molecular weight is 302 g/mol. The first-order valence-corrected chi connectivity index (χ1v) is 7.97. The summed E-state index contributed by atoms with van der Waals surface area (Å²) in [5.74, 6) is -0.405. The molecule has 1 fully saturated rings. The van der Waals surface area contributed by atoms with Crippen LogP contribution in [-0.4, -0.2) is 58.5 Å². The zero-order chi connectivity index (χ0) is 15.7. The number of aliphatic hydroxyl groups is 1. The highest BCUT2D eigenvalue weighted by molar-refractivity contribution is 6.21. The topological polar surface area (TPSA) is 60.9 Å². The van der Waals surface area contributed by atoms with Crippen molar-refractivity contribution in [3.05, 3.63) is 35.4 Å². The number of likely N-dealkylation sites (tertiary alicyclic amines) is 1. The van der Waals surface area contributed by atoms with E-state index in [-0.39, 0.29) is 24.0 Å². The van der Waals surface area contributed by atoms with Crippen molar-refractivity contribution in [3.63, 3.8) is 0 Å². The molecule has 5 heteroatoms. The molecule has 1 aromatic rings. The predicted molar refractivity (Wildman–Crippen MR) is 82.7 cm³/mol. The number of hydrogen-bond donors (Lipinski definition) is 1. The van der Waals surface area contributed by atoms with E-state index in [0.717, 1.165) is 25.8 Å². The molecule has 0 aromatic heterocycles. The molecule has 0 radical (unpaired) electrons. The zero-order valence-electron chi connectivity index (χ0n) is 12.9. The first kappa shape index (κ1) is 15.2. The number of imide groups is 1. The summed E-state index contributed by atoms with van der Waals surface area (Å²) in [4.78, 5) is 28.2. The standard InChI is InChI=1S/C17H22N2O3/c1-12(20)15-8-4-5-9-18(15)10-11-19-16(21)13-6-2-3-7-14(13)17(19)22/h2-3,6-7,12,15,20H,4-5,8-11H2,1H3. The number of amides is 2. The molecule has 0 aliphatic carbocycles. The number of aliphatic hydroxyl groups excluding tert-OH is 1. The number of piperidine rings is 1. The quantitative estimate of drug-likeness (QED) is 0.857. The van der Waals surface area contributed by atoms with E-state index in [2.05, 4.69) is 4.90 Å². The van der Waals surface area contributed by atoms with Gasteiger partial charge in [0, 0.05) is 19.1 Å². The fourth-order valence-electron chi connectivity index (χ4n) is 3.51. The number of nitrogens with zero attached hydrogens (tertiary/aromatic N) is 2. The van der Waals surface area contributed by atoms with Crippen molar-refractivity contribution >= 4 is 11.8 Å². The summed E-state index contributed by atoms with van der Waals surface area (Å²) in [6.07, 6.45) is 2.81. The summed E-state index contributed by atoms with van der Waals surface area (Å²) in [5, 5.41) is 9.90. The second-order valence-corrected chi connectivity index (χ2v) is 6.15. The average Bonchev–Trinajstić information content (AvgIpc) is 2.77. The minimum absolute atomic E-state index is 0.129. The van der Waals surface area contributed by atoms with Crippen molar-refractivity contribution in [1.29, 1.82) is 0 Å². The van der Waals surface area contributed by atoms with Crippen LogP contribution in [0.5, 0.6) is 0 Å². The number of fused-ring (bicyclic) bond motifs is 1. The summed E-state index contributed by atoms with van der Waals surface area (Å²) >= 11 is 0. The van der Waals surface area contributed by atoms with Crippen LogP contribution in [0.25, 0.3) is 0 Å². The summed E-state index contributed by atoms with van der Waals surface area (Å²) < 4.78 is 0. The number of carbonyl (C=O) groups excluding carboxylic acids is 2. The van der Waals surface area contributed by atoms with Crippen molar-refractivity contribution < 1.29 is 14.7 Å². The van der Waals surface area contributed by atoms with Gasteiger partial charge in [-0.25, -0.2) is 0 Å². The molecule has 2 amide bonds. The number of benzene rings is 1. The van der Waals surface area contributed by atoms with E-state index in [1.807, 2.05) is 6.92 Å². The largest absolute Gasteiger partial charge is 0.392 e. The van der Waals surface area contributed by atoms with Gasteiger partial charge >= 0.3 is 0 Å². The molecule has 1 aromatic carbocycles. The molecule has 0 spiro atoms. The molecule has 0 saturated carbocycles. The van der Waals surface area contributed by atoms with Crippen LogP contribution < -0.4 is 0 Å². The van der Waals surface area contributed by atoms with Gasteiger partial charge in [-0.15, -0.1) is 0 Å². The molecule has 5 nitrogen and oxygen atoms in total. The molecule has 0 bridgehead atoms. The molecule has 22 heavy (non-hydrogen) atoms. The molecular formula is C17H22N2O3. The maximum atomic E-state index is 12.3. The highest BCUT2D eigenvalue weighted by Crippen LogP contribution is 2.24. The van der Waals surface area contributed by atoms with Crippen molar-refractivity contribution in [2.24, 2.45) is 0 Å². The Labute approximate surface area is 130 Å². The molecule has 2 aliphatic rings. The summed E-state index contributed by atoms with van der Waals surface area (Å²) in [5.41, 5.74) is 0.997. The van der Waals surface area contributed by atoms with E-state index in [1.165, 1.54) is 4.90 Å². The van der Waals surface area contributed by atoms with E-state index in [0.29, 0.717) is 24.2 Å². The Hall–Kier alpha value is -1.72. The third kappa shape index (κ3) is 2.66. The Balaban J connectivity index is 1.67. The lowest BCUT2D eigenvalue weighted by Crippen LogP contribution is -2.49. The minimum atomic E-state index is -0.387. The van der Waals surface area contributed by atoms with Crippen molar-refractivity contribution in [2.75, 3.05) is 19.6 Å². The van der Waals surface area contributed by atoms with Crippen LogP contribution in [0.4, 0.5) is 0 Å². The van der Waals surface area contributed by atoms with Crippen molar-refractivity contribution in [3.8, 4) is 0 Å². The van der Waals surface area contributed by atoms with Crippen LogP contribution in [0.1, 0.15) is 46.9 Å². The first-order valence-electron chi connectivity index (χ1n) is 7.97. The van der Waals surface area contributed by atoms with Crippen LogP contribution in [0.3, 0.4) is 0 Å². The van der Waals surface area contributed by atoms with Gasteiger partial charge in [-0.1, -0.05) is 18.6 Å². The molecule has 2 unspecified atom stereocenters. The van der Waals surface area contributed by atoms with Gasteiger partial charge in [-0.3, -0.25) is 19.4 Å². The van der Waals surface area contributed by atoms with Crippen LogP contribution >= 0.6 is 0 Å². The van der Waals surface area contributed by atoms with E-state index in [1.54, 1.807) is 24.3 Å². The van der Waals surface area contributed by atoms with Gasteiger partial charge in [-0.2, -0.15) is 0 Å². The molecule has 1 N–H and O–H groups in total. The molecule has 1 saturated heterocycles. The number of rotatable bonds is 4. The lowest BCUT2D eigenvalue weighted by atomic mass is 9.98. The monoisotopic (exact) mass is 302 g/mol. The van der Waals surface area contributed by atoms with Gasteiger partial charge in [0.25, 0.3) is 11.8 Å². The number of carbonyl (C=O) groups is 2. The first-order chi connectivity index (χ1) is 10.6. The predicted octanol–water partition coefficient (Wildman–Crippen LogP) is 1.52. The fraction of sp³-hybridized carbons (Fsp3) is 0.529. The molecule has 2 aliphatic heterocycles. The Morgan fingerprint density at radius 3 is 2.36 bits per heavy atom. The summed E-state index contributed by atoms with van der Waals surface area (Å²) in [6.45, 7) is 3.74. The van der Waals surface area contributed by atoms with Crippen molar-refractivity contribution in [1.82, 2.24) is 9.80 Å². The molecule has 118 valence electrons. The summed E-state index contributed by atoms with van der Waals surface area (Å²) in [6, 6.07) is 7.09. The number of hydrogen-bond acceptors (Lipinski definition) is 4. The summed E-state index contributed by atoms with van der Waals surface area (Å²) in [7, 11) is 0. The highest BCUT2D eigenvalue weighted by Gasteiger charge is 2.35. The Morgan fingerprint density at radius 2 is 1.77 bits per heavy atom. The smallest absolute Gasteiger partial charge is 0.261 e. The molecular weight excluding hydrogens is 280 g/mol.